The van der Waals surface area contributed by atoms with Crippen LogP contribution in [-0.2, 0) is 14.3 Å². The van der Waals surface area contributed by atoms with Gasteiger partial charge in [-0.2, -0.15) is 0 Å². The first-order valence-corrected chi connectivity index (χ1v) is 5.96. The lowest BCUT2D eigenvalue weighted by atomic mass is 10.3. The summed E-state index contributed by atoms with van der Waals surface area (Å²) in [5, 5.41) is 1.75. The lowest BCUT2D eigenvalue weighted by molar-refractivity contribution is -0.143. The van der Waals surface area contributed by atoms with E-state index in [9.17, 15) is 9.59 Å². The number of hydrogen-bond donors (Lipinski definition) is 1. The minimum Gasteiger partial charge on any atom is -0.457 e. The topological polar surface area (TPSA) is 58.6 Å². The second-order valence-corrected chi connectivity index (χ2v) is 4.56. The molecule has 0 bridgehead atoms. The van der Waals surface area contributed by atoms with E-state index in [1.54, 1.807) is 16.8 Å². The van der Waals surface area contributed by atoms with Crippen molar-refractivity contribution in [2.75, 3.05) is 5.88 Å². The smallest absolute Gasteiger partial charge is 0.303 e. The molecule has 0 saturated carbocycles. The van der Waals surface area contributed by atoms with E-state index in [2.05, 4.69) is 5.43 Å². The van der Waals surface area contributed by atoms with Crippen LogP contribution in [0.15, 0.2) is 10.6 Å². The molecule has 1 aliphatic rings. The van der Waals surface area contributed by atoms with Gasteiger partial charge in [0.1, 0.15) is 6.10 Å². The number of hydrogen-bond acceptors (Lipinski definition) is 5. The van der Waals surface area contributed by atoms with Crippen molar-refractivity contribution in [3.05, 3.63) is 10.6 Å². The average Bonchev–Trinajstić information content (AvgIpc) is 2.46. The Balaban J connectivity index is 2.70. The van der Waals surface area contributed by atoms with Gasteiger partial charge in [0.15, 0.2) is 0 Å². The normalized spacial score (nSPS) is 17.4. The summed E-state index contributed by atoms with van der Waals surface area (Å²) in [5.41, 5.74) is 3.63. The van der Waals surface area contributed by atoms with Crippen LogP contribution in [0.1, 0.15) is 27.7 Å². The van der Waals surface area contributed by atoms with Crippen LogP contribution >= 0.6 is 11.8 Å². The van der Waals surface area contributed by atoms with Crippen LogP contribution in [0.2, 0.25) is 0 Å². The van der Waals surface area contributed by atoms with Gasteiger partial charge in [-0.3, -0.25) is 20.0 Å². The van der Waals surface area contributed by atoms with Crippen LogP contribution < -0.4 is 5.43 Å². The molecule has 1 atom stereocenters. The Kier molecular flexibility index (Phi) is 4.23. The Hall–Kier alpha value is -1.17. The van der Waals surface area contributed by atoms with Crippen LogP contribution in [0.3, 0.4) is 0 Å². The van der Waals surface area contributed by atoms with Crippen molar-refractivity contribution in [3.63, 3.8) is 0 Å². The summed E-state index contributed by atoms with van der Waals surface area (Å²) in [6, 6.07) is 0. The number of esters is 1. The summed E-state index contributed by atoms with van der Waals surface area (Å²) in [6.45, 7) is 6.57. The predicted octanol–water partition coefficient (Wildman–Crippen LogP) is 1.23. The van der Waals surface area contributed by atoms with Crippen molar-refractivity contribution in [2.24, 2.45) is 0 Å². The zero-order valence-corrected chi connectivity index (χ0v) is 10.7. The van der Waals surface area contributed by atoms with Crippen LogP contribution in [0.25, 0.3) is 0 Å². The van der Waals surface area contributed by atoms with Gasteiger partial charge in [0.25, 0.3) is 0 Å². The van der Waals surface area contributed by atoms with Gasteiger partial charge in [-0.05, 0) is 13.8 Å². The number of ether oxygens (including phenoxy) is 1. The number of thioether (sulfide) groups is 1. The number of rotatable bonds is 3. The number of allylic oxidation sites excluding steroid dienone is 1. The molecule has 6 heteroatoms. The third-order valence-electron chi connectivity index (χ3n) is 2.11. The van der Waals surface area contributed by atoms with Gasteiger partial charge in [0.05, 0.1) is 5.88 Å². The monoisotopic (exact) mass is 244 g/mol. The number of nitrogens with one attached hydrogen (secondary N) is 1. The van der Waals surface area contributed by atoms with E-state index in [1.165, 1.54) is 13.8 Å². The van der Waals surface area contributed by atoms with Crippen molar-refractivity contribution in [1.29, 1.82) is 0 Å². The van der Waals surface area contributed by atoms with Crippen molar-refractivity contribution in [2.45, 2.75) is 33.8 Å². The summed E-state index contributed by atoms with van der Waals surface area (Å²) >= 11 is 1.56. The minimum absolute atomic E-state index is 0.110. The van der Waals surface area contributed by atoms with E-state index in [-0.39, 0.29) is 18.0 Å². The van der Waals surface area contributed by atoms with Gasteiger partial charge in [-0.1, -0.05) is 0 Å². The van der Waals surface area contributed by atoms with E-state index in [1.807, 2.05) is 13.8 Å². The highest BCUT2D eigenvalue weighted by molar-refractivity contribution is 8.03. The molecule has 1 rings (SSSR count). The molecule has 0 fully saturated rings. The molecule has 5 nitrogen and oxygen atoms in total. The zero-order chi connectivity index (χ0) is 12.3. The highest BCUT2D eigenvalue weighted by Crippen LogP contribution is 2.33. The Morgan fingerprint density at radius 1 is 1.50 bits per heavy atom. The van der Waals surface area contributed by atoms with Gasteiger partial charge in [-0.15, -0.1) is 11.8 Å². The number of carbonyl (C=O) groups is 2. The second kappa shape index (κ2) is 5.25. The zero-order valence-electron chi connectivity index (χ0n) is 9.86. The first-order chi connectivity index (χ1) is 7.41. The molecule has 0 aromatic heterocycles. The molecule has 0 aromatic rings. The van der Waals surface area contributed by atoms with E-state index >= 15 is 0 Å². The standard InChI is InChI=1S/C10H16N2O3S/c1-6-10(7(2)15-9(4)14)16-5-12(6)11-8(3)13/h7H,5H2,1-4H3,(H,11,13). The fraction of sp³-hybridized carbons (Fsp3) is 0.600. The molecule has 1 heterocycles. The molecule has 0 aromatic carbocycles. The third-order valence-corrected chi connectivity index (χ3v) is 3.44. The Morgan fingerprint density at radius 3 is 2.62 bits per heavy atom. The van der Waals surface area contributed by atoms with Gasteiger partial charge in [-0.25, -0.2) is 0 Å². The molecule has 16 heavy (non-hydrogen) atoms. The second-order valence-electron chi connectivity index (χ2n) is 3.57. The molecule has 0 saturated heterocycles. The molecule has 90 valence electrons. The molecule has 0 radical (unpaired) electrons. The van der Waals surface area contributed by atoms with Crippen LogP contribution in [0, 0.1) is 0 Å². The number of carbonyl (C=O) groups excluding carboxylic acids is 2. The first-order valence-electron chi connectivity index (χ1n) is 4.97. The summed E-state index contributed by atoms with van der Waals surface area (Å²) in [7, 11) is 0. The molecule has 1 aliphatic heterocycles. The summed E-state index contributed by atoms with van der Waals surface area (Å²) in [5.74, 6) is 0.236. The highest BCUT2D eigenvalue weighted by Gasteiger charge is 2.25. The van der Waals surface area contributed by atoms with Crippen molar-refractivity contribution >= 4 is 23.6 Å². The van der Waals surface area contributed by atoms with E-state index < -0.39 is 0 Å². The minimum atomic E-state index is -0.300. The fourth-order valence-electron chi connectivity index (χ4n) is 1.49. The third kappa shape index (κ3) is 3.16. The van der Waals surface area contributed by atoms with Gasteiger partial charge >= 0.3 is 5.97 Å². The molecule has 1 unspecified atom stereocenters. The van der Waals surface area contributed by atoms with Crippen LogP contribution in [0.4, 0.5) is 0 Å². The molecule has 0 spiro atoms. The molecule has 1 amide bonds. The van der Waals surface area contributed by atoms with Gasteiger partial charge in [0.2, 0.25) is 5.91 Å². The molecular weight excluding hydrogens is 228 g/mol. The maximum absolute atomic E-state index is 10.9. The predicted molar refractivity (Wildman–Crippen MR) is 62.0 cm³/mol. The number of hydrazine groups is 1. The van der Waals surface area contributed by atoms with E-state index in [4.69, 9.17) is 4.74 Å². The van der Waals surface area contributed by atoms with E-state index in [0.29, 0.717) is 5.88 Å². The van der Waals surface area contributed by atoms with Crippen LogP contribution in [-0.4, -0.2) is 28.9 Å². The van der Waals surface area contributed by atoms with Crippen LogP contribution in [0.5, 0.6) is 0 Å². The summed E-state index contributed by atoms with van der Waals surface area (Å²) in [6.07, 6.45) is -0.263. The summed E-state index contributed by atoms with van der Waals surface area (Å²) in [4.78, 5) is 22.7. The van der Waals surface area contributed by atoms with Crippen molar-refractivity contribution < 1.29 is 14.3 Å². The lowest BCUT2D eigenvalue weighted by Crippen LogP contribution is -2.37. The van der Waals surface area contributed by atoms with Crippen molar-refractivity contribution in [1.82, 2.24) is 10.4 Å². The molecule has 1 N–H and O–H groups in total. The first kappa shape index (κ1) is 12.9. The largest absolute Gasteiger partial charge is 0.457 e. The Bertz CT molecular complexity index is 341. The molecular formula is C10H16N2O3S. The quantitative estimate of drug-likeness (QED) is 0.757. The van der Waals surface area contributed by atoms with Gasteiger partial charge < -0.3 is 4.74 Å². The summed E-state index contributed by atoms with van der Waals surface area (Å²) < 4.78 is 5.10. The van der Waals surface area contributed by atoms with Crippen molar-refractivity contribution in [3.8, 4) is 0 Å². The number of amides is 1. The van der Waals surface area contributed by atoms with E-state index in [0.717, 1.165) is 10.6 Å². The Morgan fingerprint density at radius 2 is 2.12 bits per heavy atom. The average molecular weight is 244 g/mol. The molecule has 0 aliphatic carbocycles. The Labute approximate surface area is 99.2 Å². The maximum Gasteiger partial charge on any atom is 0.303 e. The van der Waals surface area contributed by atoms with Gasteiger partial charge in [0, 0.05) is 24.4 Å². The number of nitrogens with zero attached hydrogens (tertiary/aromatic N) is 1. The highest BCUT2D eigenvalue weighted by atomic mass is 32.2. The fourth-order valence-corrected chi connectivity index (χ4v) is 2.62. The maximum atomic E-state index is 10.9. The lowest BCUT2D eigenvalue weighted by Gasteiger charge is -2.19. The SMILES string of the molecule is CC(=O)NN1CSC(C(C)OC(C)=O)=C1C.